The molecule has 0 saturated carbocycles. The number of benzene rings is 1. The zero-order valence-electron chi connectivity index (χ0n) is 15.4. The number of carbonyl (C=O) groups excluding carboxylic acids is 1. The maximum Gasteiger partial charge on any atom is 0.254 e. The molecule has 26 heavy (non-hydrogen) atoms. The van der Waals surface area contributed by atoms with Crippen LogP contribution in [0.25, 0.3) is 0 Å². The van der Waals surface area contributed by atoms with Crippen LogP contribution in [0.3, 0.4) is 0 Å². The minimum atomic E-state index is -3.37. The van der Waals surface area contributed by atoms with Gasteiger partial charge in [-0.1, -0.05) is 6.92 Å². The molecule has 0 bridgehead atoms. The van der Waals surface area contributed by atoms with Crippen LogP contribution in [0, 0.1) is 0 Å². The second-order valence-electron chi connectivity index (χ2n) is 6.32. The largest absolute Gasteiger partial charge is 0.384 e. The summed E-state index contributed by atoms with van der Waals surface area (Å²) in [4.78, 5) is 15.1. The van der Waals surface area contributed by atoms with E-state index in [1.54, 1.807) is 12.1 Å². The van der Waals surface area contributed by atoms with Crippen molar-refractivity contribution in [3.8, 4) is 0 Å². The predicted molar refractivity (Wildman–Crippen MR) is 105 cm³/mol. The Kier molecular flexibility index (Phi) is 9.57. The number of amides is 1. The summed E-state index contributed by atoms with van der Waals surface area (Å²) in [5.74, 6) is -0.0806. The van der Waals surface area contributed by atoms with Crippen molar-refractivity contribution in [1.82, 2.24) is 10.2 Å². The molecule has 1 aromatic carbocycles. The summed E-state index contributed by atoms with van der Waals surface area (Å²) in [6.45, 7) is 4.79. The Bertz CT molecular complexity index is 658. The first-order valence-corrected chi connectivity index (χ1v) is 10.5. The van der Waals surface area contributed by atoms with Crippen molar-refractivity contribution in [2.24, 2.45) is 0 Å². The number of hydrogen-bond acceptors (Lipinski definition) is 5. The zero-order valence-corrected chi connectivity index (χ0v) is 17.1. The van der Waals surface area contributed by atoms with Gasteiger partial charge in [0.15, 0.2) is 9.84 Å². The summed E-state index contributed by atoms with van der Waals surface area (Å²) in [6.07, 6.45) is 2.81. The summed E-state index contributed by atoms with van der Waals surface area (Å²) < 4.78 is 29.2. The molecule has 148 valence electrons. The third-order valence-corrected chi connectivity index (χ3v) is 6.19. The van der Waals surface area contributed by atoms with Crippen LogP contribution in [-0.4, -0.2) is 64.4 Å². The van der Waals surface area contributed by atoms with Gasteiger partial charge in [0.25, 0.3) is 5.91 Å². The fourth-order valence-corrected chi connectivity index (χ4v) is 4.26. The predicted octanol–water partition coefficient (Wildman–Crippen LogP) is 2.13. The Morgan fingerprint density at radius 1 is 1.23 bits per heavy atom. The lowest BCUT2D eigenvalue weighted by Gasteiger charge is -2.34. The lowest BCUT2D eigenvalue weighted by molar-refractivity contribution is 0.0642. The van der Waals surface area contributed by atoms with Crippen LogP contribution in [0.1, 0.15) is 36.5 Å². The van der Waals surface area contributed by atoms with Gasteiger partial charge >= 0.3 is 0 Å². The molecule has 1 aliphatic heterocycles. The van der Waals surface area contributed by atoms with Crippen LogP contribution < -0.4 is 5.32 Å². The fraction of sp³-hybridized carbons (Fsp3) is 0.611. The number of halogens is 1. The molecule has 1 aromatic rings. The highest BCUT2D eigenvalue weighted by Crippen LogP contribution is 2.18. The van der Waals surface area contributed by atoms with Crippen molar-refractivity contribution in [3.63, 3.8) is 0 Å². The van der Waals surface area contributed by atoms with E-state index in [0.29, 0.717) is 5.56 Å². The number of carbonyl (C=O) groups is 1. The average molecular weight is 405 g/mol. The molecule has 1 heterocycles. The third kappa shape index (κ3) is 5.94. The zero-order chi connectivity index (χ0) is 18.3. The molecule has 6 nitrogen and oxygen atoms in total. The summed E-state index contributed by atoms with van der Waals surface area (Å²) in [5, 5.41) is 3.32. The van der Waals surface area contributed by atoms with Gasteiger partial charge in [-0.05, 0) is 56.6 Å². The van der Waals surface area contributed by atoms with Crippen molar-refractivity contribution in [2.45, 2.75) is 37.1 Å². The van der Waals surface area contributed by atoms with Gasteiger partial charge in [-0.15, -0.1) is 12.4 Å². The van der Waals surface area contributed by atoms with Crippen molar-refractivity contribution in [3.05, 3.63) is 29.8 Å². The van der Waals surface area contributed by atoms with Gasteiger partial charge < -0.3 is 15.0 Å². The number of methoxy groups -OCH3 is 1. The number of nitrogens with one attached hydrogen (secondary N) is 1. The van der Waals surface area contributed by atoms with Gasteiger partial charge in [-0.3, -0.25) is 4.79 Å². The average Bonchev–Trinajstić information content (AvgIpc) is 2.65. The van der Waals surface area contributed by atoms with Crippen molar-refractivity contribution >= 4 is 28.2 Å². The highest BCUT2D eigenvalue weighted by Gasteiger charge is 2.25. The standard InChI is InChI=1S/C18H28N2O4S.ClH/c1-3-12-20(16-8-10-19-11-9-16)18(21)15-4-6-17(7-5-15)25(22,23)14-13-24-2;/h4-7,16,19H,3,8-14H2,1-2H3;1H. The van der Waals surface area contributed by atoms with Crippen LogP contribution in [0.4, 0.5) is 0 Å². The van der Waals surface area contributed by atoms with E-state index in [9.17, 15) is 13.2 Å². The third-order valence-electron chi connectivity index (χ3n) is 4.49. The maximum absolute atomic E-state index is 12.9. The van der Waals surface area contributed by atoms with Gasteiger partial charge in [0.05, 0.1) is 17.3 Å². The van der Waals surface area contributed by atoms with E-state index in [0.717, 1.165) is 38.9 Å². The lowest BCUT2D eigenvalue weighted by atomic mass is 10.0. The van der Waals surface area contributed by atoms with Gasteiger partial charge in [0, 0.05) is 25.3 Å². The van der Waals surface area contributed by atoms with Crippen LogP contribution in [-0.2, 0) is 14.6 Å². The second-order valence-corrected chi connectivity index (χ2v) is 8.42. The minimum absolute atomic E-state index is 0. The molecule has 1 aliphatic rings. The van der Waals surface area contributed by atoms with Crippen molar-refractivity contribution in [1.29, 1.82) is 0 Å². The van der Waals surface area contributed by atoms with E-state index >= 15 is 0 Å². The quantitative estimate of drug-likeness (QED) is 0.718. The van der Waals surface area contributed by atoms with Crippen LogP contribution >= 0.6 is 12.4 Å². The molecule has 1 N–H and O–H groups in total. The molecule has 0 aliphatic carbocycles. The van der Waals surface area contributed by atoms with E-state index in [1.165, 1.54) is 19.2 Å². The van der Waals surface area contributed by atoms with Gasteiger partial charge in [-0.25, -0.2) is 8.42 Å². The number of nitrogens with zero attached hydrogens (tertiary/aromatic N) is 1. The number of sulfone groups is 1. The summed E-state index contributed by atoms with van der Waals surface area (Å²) in [7, 11) is -1.90. The first-order valence-electron chi connectivity index (χ1n) is 8.83. The van der Waals surface area contributed by atoms with E-state index in [1.807, 2.05) is 4.90 Å². The van der Waals surface area contributed by atoms with E-state index < -0.39 is 9.84 Å². The Labute approximate surface area is 162 Å². The second kappa shape index (κ2) is 10.9. The molecule has 2 rings (SSSR count). The Hall–Kier alpha value is -1.15. The van der Waals surface area contributed by atoms with E-state index in [4.69, 9.17) is 4.74 Å². The molecule has 0 unspecified atom stereocenters. The monoisotopic (exact) mass is 404 g/mol. The molecule has 8 heteroatoms. The number of piperidine rings is 1. The summed E-state index contributed by atoms with van der Waals surface area (Å²) in [5.41, 5.74) is 0.540. The molecule has 0 radical (unpaired) electrons. The van der Waals surface area contributed by atoms with Gasteiger partial charge in [0.1, 0.15) is 0 Å². The molecule has 1 fully saturated rings. The van der Waals surface area contributed by atoms with Crippen molar-refractivity contribution < 1.29 is 17.9 Å². The first-order chi connectivity index (χ1) is 12.0. The highest BCUT2D eigenvalue weighted by atomic mass is 35.5. The summed E-state index contributed by atoms with van der Waals surface area (Å²) >= 11 is 0. The Balaban J connectivity index is 0.00000338. The molecule has 1 saturated heterocycles. The number of rotatable bonds is 8. The minimum Gasteiger partial charge on any atom is -0.384 e. The SMILES string of the molecule is CCCN(C(=O)c1ccc(S(=O)(=O)CCOC)cc1)C1CCNCC1.Cl. The van der Waals surface area contributed by atoms with Gasteiger partial charge in [-0.2, -0.15) is 0 Å². The van der Waals surface area contributed by atoms with E-state index in [-0.39, 0.29) is 41.6 Å². The Morgan fingerprint density at radius 2 is 1.85 bits per heavy atom. The summed E-state index contributed by atoms with van der Waals surface area (Å²) in [6, 6.07) is 6.52. The molecule has 0 aromatic heterocycles. The molecule has 0 spiro atoms. The van der Waals surface area contributed by atoms with Crippen molar-refractivity contribution in [2.75, 3.05) is 39.1 Å². The molecular weight excluding hydrogens is 376 g/mol. The Morgan fingerprint density at radius 3 is 2.38 bits per heavy atom. The molecular formula is C18H29ClN2O4S. The highest BCUT2D eigenvalue weighted by molar-refractivity contribution is 7.91. The first kappa shape index (κ1) is 22.9. The molecule has 1 amide bonds. The van der Waals surface area contributed by atoms with Crippen LogP contribution in [0.5, 0.6) is 0 Å². The van der Waals surface area contributed by atoms with Crippen LogP contribution in [0.15, 0.2) is 29.2 Å². The number of hydrogen-bond donors (Lipinski definition) is 1. The smallest absolute Gasteiger partial charge is 0.254 e. The van der Waals surface area contributed by atoms with Crippen LogP contribution in [0.2, 0.25) is 0 Å². The topological polar surface area (TPSA) is 75.7 Å². The van der Waals surface area contributed by atoms with Gasteiger partial charge in [0.2, 0.25) is 0 Å². The number of ether oxygens (including phenoxy) is 1. The maximum atomic E-state index is 12.9. The normalized spacial score (nSPS) is 15.3. The van der Waals surface area contributed by atoms with E-state index in [2.05, 4.69) is 12.2 Å². The fourth-order valence-electron chi connectivity index (χ4n) is 3.09. The lowest BCUT2D eigenvalue weighted by Crippen LogP contribution is -2.46. The molecule has 0 atom stereocenters.